The van der Waals surface area contributed by atoms with E-state index in [-0.39, 0.29) is 27.6 Å². The number of nitrogens with two attached hydrogens (primary N) is 1. The highest BCUT2D eigenvalue weighted by Gasteiger charge is 2.14. The predicted molar refractivity (Wildman–Crippen MR) is 61.2 cm³/mol. The van der Waals surface area contributed by atoms with Crippen LogP contribution in [0.3, 0.4) is 0 Å². The summed E-state index contributed by atoms with van der Waals surface area (Å²) in [6, 6.07) is 1.80. The minimum Gasteiger partial charge on any atom is -0.493 e. The number of fused-ring (bicyclic) bond motifs is 1. The van der Waals surface area contributed by atoms with Gasteiger partial charge in [-0.05, 0) is 18.3 Å². The molecule has 88 valence electrons. The van der Waals surface area contributed by atoms with Crippen molar-refractivity contribution in [3.8, 4) is 5.88 Å². The fraction of sp³-hybridized carbons (Fsp3) is 0. The minimum absolute atomic E-state index is 0.0494. The standard InChI is InChI=1S/C9H6F2N4OS/c10-4-1-3-6(2-5(4)11)13-8(16)7(3)14-15-9(12)17/h1-2,13,16H,(H2,12,17). The van der Waals surface area contributed by atoms with Gasteiger partial charge in [-0.1, -0.05) is 0 Å². The van der Waals surface area contributed by atoms with Crippen LogP contribution in [0, 0.1) is 11.6 Å². The molecule has 0 aliphatic heterocycles. The number of hydrogen-bond donors (Lipinski definition) is 3. The maximum Gasteiger partial charge on any atom is 0.218 e. The predicted octanol–water partition coefficient (Wildman–Crippen LogP) is 2.48. The van der Waals surface area contributed by atoms with Gasteiger partial charge in [0.2, 0.25) is 11.0 Å². The lowest BCUT2D eigenvalue weighted by atomic mass is 10.2. The monoisotopic (exact) mass is 256 g/mol. The van der Waals surface area contributed by atoms with E-state index in [0.717, 1.165) is 12.1 Å². The van der Waals surface area contributed by atoms with Crippen molar-refractivity contribution < 1.29 is 13.9 Å². The molecule has 2 rings (SSSR count). The average Bonchev–Trinajstić information content (AvgIpc) is 2.52. The van der Waals surface area contributed by atoms with Crippen LogP contribution in [0.1, 0.15) is 0 Å². The Morgan fingerprint density at radius 2 is 2.00 bits per heavy atom. The van der Waals surface area contributed by atoms with Crippen molar-refractivity contribution >= 4 is 33.9 Å². The van der Waals surface area contributed by atoms with E-state index < -0.39 is 11.6 Å². The van der Waals surface area contributed by atoms with E-state index in [1.807, 2.05) is 0 Å². The minimum atomic E-state index is -1.05. The number of aromatic amines is 1. The van der Waals surface area contributed by atoms with Crippen molar-refractivity contribution in [3.05, 3.63) is 23.8 Å². The molecular formula is C9H6F2N4OS. The quantitative estimate of drug-likeness (QED) is 0.541. The molecule has 1 aromatic carbocycles. The van der Waals surface area contributed by atoms with Gasteiger partial charge in [-0.15, -0.1) is 10.2 Å². The Bertz CT molecular complexity index is 637. The highest BCUT2D eigenvalue weighted by molar-refractivity contribution is 7.80. The SMILES string of the molecule is NC(=S)N=Nc1c(O)[nH]c2cc(F)c(F)cc12. The summed E-state index contributed by atoms with van der Waals surface area (Å²) in [7, 11) is 0. The van der Waals surface area contributed by atoms with Gasteiger partial charge in [0.25, 0.3) is 0 Å². The lowest BCUT2D eigenvalue weighted by molar-refractivity contribution is 0.459. The van der Waals surface area contributed by atoms with Crippen LogP contribution in [-0.4, -0.2) is 15.2 Å². The van der Waals surface area contributed by atoms with Crippen molar-refractivity contribution in [1.82, 2.24) is 4.98 Å². The van der Waals surface area contributed by atoms with Gasteiger partial charge in [-0.3, -0.25) is 0 Å². The first-order valence-corrected chi connectivity index (χ1v) is 4.80. The second-order valence-electron chi connectivity index (χ2n) is 3.17. The molecule has 1 aromatic heterocycles. The molecule has 5 nitrogen and oxygen atoms in total. The van der Waals surface area contributed by atoms with E-state index >= 15 is 0 Å². The third-order valence-corrected chi connectivity index (χ3v) is 2.12. The van der Waals surface area contributed by atoms with E-state index in [4.69, 9.17) is 5.73 Å². The maximum absolute atomic E-state index is 13.0. The first kappa shape index (κ1) is 11.4. The Labute approximate surface area is 99.0 Å². The van der Waals surface area contributed by atoms with E-state index in [0.29, 0.717) is 0 Å². The van der Waals surface area contributed by atoms with Gasteiger partial charge in [0.1, 0.15) is 0 Å². The summed E-state index contributed by atoms with van der Waals surface area (Å²) in [6.45, 7) is 0. The Hall–Kier alpha value is -2.09. The second kappa shape index (κ2) is 4.06. The van der Waals surface area contributed by atoms with Crippen LogP contribution in [0.15, 0.2) is 22.4 Å². The van der Waals surface area contributed by atoms with Gasteiger partial charge >= 0.3 is 0 Å². The van der Waals surface area contributed by atoms with Crippen LogP contribution in [-0.2, 0) is 0 Å². The number of halogens is 2. The first-order chi connectivity index (χ1) is 7.99. The molecular weight excluding hydrogens is 250 g/mol. The molecule has 0 unspecified atom stereocenters. The molecule has 0 aliphatic carbocycles. The van der Waals surface area contributed by atoms with E-state index in [2.05, 4.69) is 27.4 Å². The van der Waals surface area contributed by atoms with Gasteiger partial charge in [-0.2, -0.15) is 0 Å². The number of aromatic hydroxyl groups is 1. The largest absolute Gasteiger partial charge is 0.493 e. The zero-order valence-corrected chi connectivity index (χ0v) is 9.05. The average molecular weight is 256 g/mol. The van der Waals surface area contributed by atoms with Gasteiger partial charge in [0.05, 0.1) is 5.52 Å². The van der Waals surface area contributed by atoms with Gasteiger partial charge < -0.3 is 15.8 Å². The summed E-state index contributed by atoms with van der Waals surface area (Å²) < 4.78 is 26.0. The van der Waals surface area contributed by atoms with E-state index in [9.17, 15) is 13.9 Å². The number of thiocarbonyl (C=S) groups is 1. The highest BCUT2D eigenvalue weighted by Crippen LogP contribution is 2.36. The third kappa shape index (κ3) is 2.07. The molecule has 4 N–H and O–H groups in total. The van der Waals surface area contributed by atoms with Crippen molar-refractivity contribution in [2.75, 3.05) is 0 Å². The summed E-state index contributed by atoms with van der Waals surface area (Å²) in [6.07, 6.45) is 0. The topological polar surface area (TPSA) is 86.8 Å². The summed E-state index contributed by atoms with van der Waals surface area (Å²) >= 11 is 4.47. The summed E-state index contributed by atoms with van der Waals surface area (Å²) in [5.41, 5.74) is 5.25. The molecule has 2 aromatic rings. The van der Waals surface area contributed by atoms with Crippen LogP contribution >= 0.6 is 12.2 Å². The molecule has 0 saturated heterocycles. The zero-order valence-electron chi connectivity index (χ0n) is 8.24. The molecule has 17 heavy (non-hydrogen) atoms. The molecule has 0 radical (unpaired) electrons. The van der Waals surface area contributed by atoms with Crippen LogP contribution in [0.25, 0.3) is 10.9 Å². The third-order valence-electron chi connectivity index (χ3n) is 2.04. The normalized spacial score (nSPS) is 11.4. The van der Waals surface area contributed by atoms with Crippen molar-refractivity contribution in [3.63, 3.8) is 0 Å². The first-order valence-electron chi connectivity index (χ1n) is 4.40. The number of nitrogens with zero attached hydrogens (tertiary/aromatic N) is 2. The van der Waals surface area contributed by atoms with Crippen molar-refractivity contribution in [1.29, 1.82) is 0 Å². The zero-order chi connectivity index (χ0) is 12.6. The number of rotatable bonds is 1. The van der Waals surface area contributed by atoms with E-state index in [1.165, 1.54) is 0 Å². The van der Waals surface area contributed by atoms with Crippen LogP contribution in [0.4, 0.5) is 14.5 Å². The summed E-state index contributed by atoms with van der Waals surface area (Å²) in [5.74, 6) is -2.45. The van der Waals surface area contributed by atoms with E-state index in [1.54, 1.807) is 0 Å². The fourth-order valence-electron chi connectivity index (χ4n) is 1.36. The molecule has 0 saturated carbocycles. The van der Waals surface area contributed by atoms with Crippen LogP contribution < -0.4 is 5.73 Å². The van der Waals surface area contributed by atoms with Crippen LogP contribution in [0.5, 0.6) is 5.88 Å². The number of aromatic nitrogens is 1. The molecule has 0 aliphatic rings. The number of hydrogen-bond acceptors (Lipinski definition) is 3. The molecule has 0 bridgehead atoms. The fourth-order valence-corrected chi connectivity index (χ4v) is 1.40. The van der Waals surface area contributed by atoms with Crippen LogP contribution in [0.2, 0.25) is 0 Å². The number of azo groups is 1. The van der Waals surface area contributed by atoms with Gasteiger partial charge in [0, 0.05) is 11.5 Å². The highest BCUT2D eigenvalue weighted by atomic mass is 32.1. The Kier molecular flexibility index (Phi) is 2.72. The molecule has 8 heteroatoms. The Balaban J connectivity index is 2.66. The van der Waals surface area contributed by atoms with Crippen molar-refractivity contribution in [2.24, 2.45) is 16.0 Å². The number of H-pyrrole nitrogens is 1. The number of benzene rings is 1. The lowest BCUT2D eigenvalue weighted by Gasteiger charge is -1.93. The molecule has 0 spiro atoms. The smallest absolute Gasteiger partial charge is 0.218 e. The summed E-state index contributed by atoms with van der Waals surface area (Å²) in [4.78, 5) is 2.43. The van der Waals surface area contributed by atoms with Gasteiger partial charge in [-0.25, -0.2) is 8.78 Å². The molecule has 0 fully saturated rings. The molecule has 1 heterocycles. The molecule has 0 amide bonds. The molecule has 0 atom stereocenters. The number of nitrogens with one attached hydrogen (secondary N) is 1. The lowest BCUT2D eigenvalue weighted by Crippen LogP contribution is -2.01. The Morgan fingerprint density at radius 3 is 2.65 bits per heavy atom. The van der Waals surface area contributed by atoms with Gasteiger partial charge in [0.15, 0.2) is 17.3 Å². The second-order valence-corrected chi connectivity index (χ2v) is 3.59. The summed E-state index contributed by atoms with van der Waals surface area (Å²) in [5, 5.41) is 16.4. The maximum atomic E-state index is 13.0. The van der Waals surface area contributed by atoms with Crippen molar-refractivity contribution in [2.45, 2.75) is 0 Å². The Morgan fingerprint density at radius 1 is 1.35 bits per heavy atom.